The number of imidazole rings is 1. The summed E-state index contributed by atoms with van der Waals surface area (Å²) in [7, 11) is 0. The lowest BCUT2D eigenvalue weighted by Gasteiger charge is -2.03. The molecule has 2 aromatic heterocycles. The lowest BCUT2D eigenvalue weighted by atomic mass is 10.0. The first-order chi connectivity index (χ1) is 11.6. The number of hydrogen-bond acceptors (Lipinski definition) is 5. The maximum absolute atomic E-state index is 5.29. The summed E-state index contributed by atoms with van der Waals surface area (Å²) in [4.78, 5) is 8.02. The highest BCUT2D eigenvalue weighted by Crippen LogP contribution is 2.35. The zero-order chi connectivity index (χ0) is 17.3. The van der Waals surface area contributed by atoms with E-state index in [-0.39, 0.29) is 0 Å². The predicted octanol–water partition coefficient (Wildman–Crippen LogP) is 5.39. The zero-order valence-corrected chi connectivity index (χ0v) is 15.7. The number of aromatic amines is 1. The molecule has 2 heterocycles. The minimum atomic E-state index is 0.743. The molecular weight excluding hydrogens is 320 g/mol. The molecule has 1 saturated carbocycles. The van der Waals surface area contributed by atoms with E-state index in [1.165, 1.54) is 12.8 Å². The van der Waals surface area contributed by atoms with Crippen molar-refractivity contribution >= 4 is 28.9 Å². The molecule has 1 fully saturated rings. The van der Waals surface area contributed by atoms with Crippen LogP contribution >= 0.6 is 11.9 Å². The maximum Gasteiger partial charge on any atom is 0.211 e. The molecule has 1 aromatic carbocycles. The van der Waals surface area contributed by atoms with E-state index in [2.05, 4.69) is 38.9 Å². The second kappa shape index (κ2) is 6.89. The average Bonchev–Trinajstić information content (AvgIpc) is 3.22. The van der Waals surface area contributed by atoms with E-state index in [9.17, 15) is 0 Å². The molecule has 128 valence electrons. The molecule has 5 nitrogen and oxygen atoms in total. The Morgan fingerprint density at radius 2 is 1.96 bits per heavy atom. The number of nitrogens with one attached hydrogen (secondary N) is 2. The third-order valence-electron chi connectivity index (χ3n) is 3.95. The molecule has 0 amide bonds. The topological polar surface area (TPSA) is 66.7 Å². The van der Waals surface area contributed by atoms with Crippen molar-refractivity contribution in [1.82, 2.24) is 15.1 Å². The average molecular weight is 344 g/mol. The summed E-state index contributed by atoms with van der Waals surface area (Å²) in [6.45, 7) is 10.0. The third kappa shape index (κ3) is 3.29. The zero-order valence-electron chi connectivity index (χ0n) is 14.9. The number of benzene rings is 1. The molecule has 0 saturated heterocycles. The molecule has 0 unspecified atom stereocenters. The van der Waals surface area contributed by atoms with Crippen LogP contribution in [-0.4, -0.2) is 20.4 Å². The van der Waals surface area contributed by atoms with Crippen LogP contribution in [0.5, 0.6) is 0 Å². The van der Waals surface area contributed by atoms with Gasteiger partial charge in [0.2, 0.25) is 5.95 Å². The number of aromatic nitrogens is 3. The highest BCUT2D eigenvalue weighted by atomic mass is 32.2. The van der Waals surface area contributed by atoms with E-state index in [1.807, 2.05) is 27.7 Å². The molecule has 6 heteroatoms. The van der Waals surface area contributed by atoms with Gasteiger partial charge < -0.3 is 9.51 Å². The van der Waals surface area contributed by atoms with E-state index in [4.69, 9.17) is 4.52 Å². The minimum absolute atomic E-state index is 0.743. The van der Waals surface area contributed by atoms with Gasteiger partial charge in [0.1, 0.15) is 5.76 Å². The van der Waals surface area contributed by atoms with Crippen LogP contribution < -0.4 is 4.72 Å². The number of fused-ring (bicyclic) bond motifs is 1. The first-order valence-electron chi connectivity index (χ1n) is 8.47. The highest BCUT2D eigenvalue weighted by molar-refractivity contribution is 8.01. The summed E-state index contributed by atoms with van der Waals surface area (Å²) in [5, 5.41) is 4.79. The number of hydrogen-bond donors (Lipinski definition) is 2. The number of anilines is 1. The molecule has 24 heavy (non-hydrogen) atoms. The van der Waals surface area contributed by atoms with Gasteiger partial charge >= 0.3 is 0 Å². The molecule has 0 atom stereocenters. The van der Waals surface area contributed by atoms with Crippen molar-refractivity contribution in [2.45, 2.75) is 52.7 Å². The molecule has 2 N–H and O–H groups in total. The van der Waals surface area contributed by atoms with Gasteiger partial charge in [-0.3, -0.25) is 4.72 Å². The molecule has 0 radical (unpaired) electrons. The van der Waals surface area contributed by atoms with Gasteiger partial charge in [0.15, 0.2) is 0 Å². The first kappa shape index (κ1) is 16.9. The standard InChI is InChI=1S/C16H18N4OS.C2H6/c1-8-6-11(14-9(2)19-21-10(14)3)7-13-15(8)18-16(17-13)20-22-12-4-5-12;1-2/h6-7,12H,4-5H2,1-3H3,(H2,17,18,20);1-2H3. The Morgan fingerprint density at radius 1 is 1.21 bits per heavy atom. The third-order valence-corrected chi connectivity index (χ3v) is 5.06. The minimum Gasteiger partial charge on any atom is -0.361 e. The molecule has 1 aliphatic rings. The van der Waals surface area contributed by atoms with Crippen molar-refractivity contribution < 1.29 is 4.52 Å². The fourth-order valence-corrected chi connectivity index (χ4v) is 3.45. The van der Waals surface area contributed by atoms with Crippen molar-refractivity contribution in [2.75, 3.05) is 4.72 Å². The van der Waals surface area contributed by atoms with E-state index in [0.29, 0.717) is 0 Å². The second-order valence-electron chi connectivity index (χ2n) is 5.89. The smallest absolute Gasteiger partial charge is 0.211 e. The number of H-pyrrole nitrogens is 1. The van der Waals surface area contributed by atoms with Gasteiger partial charge in [-0.15, -0.1) is 0 Å². The van der Waals surface area contributed by atoms with Gasteiger partial charge in [-0.2, -0.15) is 0 Å². The molecule has 0 bridgehead atoms. The van der Waals surface area contributed by atoms with Crippen LogP contribution in [0, 0.1) is 20.8 Å². The predicted molar refractivity (Wildman–Crippen MR) is 101 cm³/mol. The number of aryl methyl sites for hydroxylation is 3. The summed E-state index contributed by atoms with van der Waals surface area (Å²) in [5.74, 6) is 1.67. The Labute approximate surface area is 146 Å². The van der Waals surface area contributed by atoms with Crippen LogP contribution in [0.15, 0.2) is 16.7 Å². The summed E-state index contributed by atoms with van der Waals surface area (Å²) < 4.78 is 8.61. The molecule has 0 spiro atoms. The van der Waals surface area contributed by atoms with E-state index >= 15 is 0 Å². The van der Waals surface area contributed by atoms with Gasteiger partial charge in [0.05, 0.1) is 16.7 Å². The molecular formula is C18H24N4OS. The Hall–Kier alpha value is -1.95. The lowest BCUT2D eigenvalue weighted by Crippen LogP contribution is -1.90. The number of nitrogens with zero attached hydrogens (tertiary/aromatic N) is 2. The Bertz CT molecular complexity index is 829. The lowest BCUT2D eigenvalue weighted by molar-refractivity contribution is 0.393. The Kier molecular flexibility index (Phi) is 4.85. The van der Waals surface area contributed by atoms with Gasteiger partial charge in [-0.25, -0.2) is 4.98 Å². The van der Waals surface area contributed by atoms with Gasteiger partial charge in [-0.1, -0.05) is 19.0 Å². The Morgan fingerprint density at radius 3 is 2.58 bits per heavy atom. The van der Waals surface area contributed by atoms with Crippen molar-refractivity contribution in [3.8, 4) is 11.1 Å². The van der Waals surface area contributed by atoms with Crippen molar-refractivity contribution in [3.63, 3.8) is 0 Å². The van der Waals surface area contributed by atoms with E-state index < -0.39 is 0 Å². The van der Waals surface area contributed by atoms with Crippen molar-refractivity contribution in [2.24, 2.45) is 0 Å². The first-order valence-corrected chi connectivity index (χ1v) is 9.35. The van der Waals surface area contributed by atoms with Gasteiger partial charge in [-0.05, 0) is 68.8 Å². The van der Waals surface area contributed by atoms with Crippen LogP contribution in [0.3, 0.4) is 0 Å². The van der Waals surface area contributed by atoms with Crippen LogP contribution in [-0.2, 0) is 0 Å². The number of rotatable bonds is 4. The van der Waals surface area contributed by atoms with Crippen LogP contribution in [0.25, 0.3) is 22.2 Å². The SMILES string of the molecule is CC.Cc1noc(C)c1-c1cc(C)c2nc(NSC3CC3)[nH]c2c1. The van der Waals surface area contributed by atoms with Gasteiger partial charge in [0, 0.05) is 10.8 Å². The largest absolute Gasteiger partial charge is 0.361 e. The highest BCUT2D eigenvalue weighted by Gasteiger charge is 2.22. The fourth-order valence-electron chi connectivity index (χ4n) is 2.70. The van der Waals surface area contributed by atoms with Crippen LogP contribution in [0.1, 0.15) is 43.7 Å². The van der Waals surface area contributed by atoms with E-state index in [1.54, 1.807) is 11.9 Å². The molecule has 0 aliphatic heterocycles. The Balaban J connectivity index is 0.000000815. The molecule has 3 aromatic rings. The molecule has 4 rings (SSSR count). The van der Waals surface area contributed by atoms with Crippen LogP contribution in [0.2, 0.25) is 0 Å². The monoisotopic (exact) mass is 344 g/mol. The van der Waals surface area contributed by atoms with Crippen molar-refractivity contribution in [3.05, 3.63) is 29.2 Å². The fraction of sp³-hybridized carbons (Fsp3) is 0.444. The van der Waals surface area contributed by atoms with E-state index in [0.717, 1.165) is 50.4 Å². The molecule has 1 aliphatic carbocycles. The van der Waals surface area contributed by atoms with Gasteiger partial charge in [0.25, 0.3) is 0 Å². The summed E-state index contributed by atoms with van der Waals surface area (Å²) >= 11 is 1.75. The normalized spacial score (nSPS) is 13.7. The van der Waals surface area contributed by atoms with Crippen molar-refractivity contribution in [1.29, 1.82) is 0 Å². The summed E-state index contributed by atoms with van der Waals surface area (Å²) in [6, 6.07) is 4.27. The summed E-state index contributed by atoms with van der Waals surface area (Å²) in [5.41, 5.74) is 6.29. The van der Waals surface area contributed by atoms with Crippen LogP contribution in [0.4, 0.5) is 5.95 Å². The maximum atomic E-state index is 5.29. The quantitative estimate of drug-likeness (QED) is 0.621. The second-order valence-corrected chi connectivity index (χ2v) is 7.00. The summed E-state index contributed by atoms with van der Waals surface area (Å²) in [6.07, 6.45) is 2.60.